The first-order chi connectivity index (χ1) is 14.2. The number of nitrogens with zero attached hydrogens (tertiary/aromatic N) is 1. The Bertz CT molecular complexity index is 1210. The Labute approximate surface area is 172 Å². The number of hydrogen-bond donors (Lipinski definition) is 4. The van der Waals surface area contributed by atoms with Crippen molar-refractivity contribution in [2.75, 3.05) is 25.0 Å². The second-order valence-electron chi connectivity index (χ2n) is 7.57. The molecular weight excluding hydrogens is 386 g/mol. The maximum absolute atomic E-state index is 13.1. The molecule has 0 saturated carbocycles. The van der Waals surface area contributed by atoms with E-state index in [1.165, 1.54) is 0 Å². The van der Waals surface area contributed by atoms with Crippen LogP contribution < -0.4 is 16.2 Å². The van der Waals surface area contributed by atoms with E-state index in [9.17, 15) is 4.79 Å². The Balaban J connectivity index is 1.65. The van der Waals surface area contributed by atoms with Crippen LogP contribution in [0, 0.1) is 5.92 Å². The molecule has 2 aromatic heterocycles. The highest BCUT2D eigenvalue weighted by Gasteiger charge is 2.20. The fourth-order valence-electron chi connectivity index (χ4n) is 4.08. The number of halogens is 1. The van der Waals surface area contributed by atoms with Crippen LogP contribution in [0.4, 0.5) is 5.69 Å². The molecule has 0 aliphatic carbocycles. The SMILES string of the molecule is O=c1[nH]c2cc(Cl)ccc2c(NCC2CCNCC2)c1-c1nc2ccccc2[nH]1. The van der Waals surface area contributed by atoms with Crippen LogP contribution in [-0.4, -0.2) is 34.6 Å². The summed E-state index contributed by atoms with van der Waals surface area (Å²) in [4.78, 5) is 24.0. The number of anilines is 1. The van der Waals surface area contributed by atoms with Crippen molar-refractivity contribution in [3.8, 4) is 11.4 Å². The summed E-state index contributed by atoms with van der Waals surface area (Å²) in [6.07, 6.45) is 2.25. The summed E-state index contributed by atoms with van der Waals surface area (Å²) in [6, 6.07) is 13.4. The fourth-order valence-corrected chi connectivity index (χ4v) is 4.26. The summed E-state index contributed by atoms with van der Waals surface area (Å²) < 4.78 is 0. The summed E-state index contributed by atoms with van der Waals surface area (Å²) >= 11 is 6.16. The third-order valence-electron chi connectivity index (χ3n) is 5.63. The van der Waals surface area contributed by atoms with Gasteiger partial charge in [-0.1, -0.05) is 23.7 Å². The van der Waals surface area contributed by atoms with Crippen LogP contribution in [-0.2, 0) is 0 Å². The van der Waals surface area contributed by atoms with Gasteiger partial charge in [-0.25, -0.2) is 4.98 Å². The quantitative estimate of drug-likeness (QED) is 0.409. The van der Waals surface area contributed by atoms with Crippen molar-refractivity contribution >= 4 is 39.2 Å². The highest BCUT2D eigenvalue weighted by Crippen LogP contribution is 2.32. The van der Waals surface area contributed by atoms with E-state index in [0.717, 1.165) is 60.1 Å². The Hall–Kier alpha value is -2.83. The molecule has 0 radical (unpaired) electrons. The molecular formula is C22H22ClN5O. The first-order valence-corrected chi connectivity index (χ1v) is 10.3. The van der Waals surface area contributed by atoms with Crippen molar-refractivity contribution in [2.45, 2.75) is 12.8 Å². The first kappa shape index (κ1) is 18.2. The largest absolute Gasteiger partial charge is 0.383 e. The van der Waals surface area contributed by atoms with Crippen LogP contribution in [0.1, 0.15) is 12.8 Å². The van der Waals surface area contributed by atoms with Gasteiger partial charge in [0, 0.05) is 17.0 Å². The van der Waals surface area contributed by atoms with Crippen molar-refractivity contribution in [1.29, 1.82) is 0 Å². The molecule has 0 spiro atoms. The molecule has 1 fully saturated rings. The van der Waals surface area contributed by atoms with E-state index in [2.05, 4.69) is 25.6 Å². The molecule has 5 rings (SSSR count). The Morgan fingerprint density at radius 2 is 1.90 bits per heavy atom. The average Bonchev–Trinajstić information content (AvgIpc) is 3.15. The zero-order valence-electron chi connectivity index (χ0n) is 15.9. The summed E-state index contributed by atoms with van der Waals surface area (Å²) in [5, 5.41) is 8.50. The number of nitrogens with one attached hydrogen (secondary N) is 4. The third-order valence-corrected chi connectivity index (χ3v) is 5.86. The number of para-hydroxylation sites is 2. The third kappa shape index (κ3) is 3.50. The highest BCUT2D eigenvalue weighted by atomic mass is 35.5. The predicted octanol–water partition coefficient (Wildman–Crippen LogP) is 4.14. The van der Waals surface area contributed by atoms with Crippen molar-refractivity contribution in [2.24, 2.45) is 5.92 Å². The molecule has 6 nitrogen and oxygen atoms in total. The van der Waals surface area contributed by atoms with E-state index in [-0.39, 0.29) is 5.56 Å². The molecule has 3 heterocycles. The summed E-state index contributed by atoms with van der Waals surface area (Å²) in [5.74, 6) is 1.14. The van der Waals surface area contributed by atoms with Gasteiger partial charge in [-0.2, -0.15) is 0 Å². The number of pyridine rings is 1. The molecule has 4 N–H and O–H groups in total. The number of aromatic amines is 2. The number of fused-ring (bicyclic) bond motifs is 2. The lowest BCUT2D eigenvalue weighted by atomic mass is 9.97. The highest BCUT2D eigenvalue weighted by molar-refractivity contribution is 6.31. The molecule has 0 atom stereocenters. The smallest absolute Gasteiger partial charge is 0.261 e. The van der Waals surface area contributed by atoms with Gasteiger partial charge in [0.1, 0.15) is 11.4 Å². The van der Waals surface area contributed by atoms with Gasteiger partial charge in [0.05, 0.1) is 22.2 Å². The Morgan fingerprint density at radius 1 is 1.07 bits per heavy atom. The number of H-pyrrole nitrogens is 2. The van der Waals surface area contributed by atoms with E-state index in [1.807, 2.05) is 36.4 Å². The number of aromatic nitrogens is 3. The standard InChI is InChI=1S/C22H22ClN5O/c23-14-5-6-15-18(11-14)28-22(29)19(20(15)25-12-13-7-9-24-10-8-13)21-26-16-3-1-2-4-17(16)27-21/h1-6,11,13,24H,7-10,12H2,(H,26,27)(H2,25,28,29). The lowest BCUT2D eigenvalue weighted by Crippen LogP contribution is -2.31. The van der Waals surface area contributed by atoms with Gasteiger partial charge in [0.25, 0.3) is 5.56 Å². The number of hydrogen-bond acceptors (Lipinski definition) is 4. The summed E-state index contributed by atoms with van der Waals surface area (Å²) in [6.45, 7) is 2.89. The Morgan fingerprint density at radius 3 is 2.72 bits per heavy atom. The van der Waals surface area contributed by atoms with E-state index in [4.69, 9.17) is 11.6 Å². The van der Waals surface area contributed by atoms with Gasteiger partial charge in [-0.3, -0.25) is 4.79 Å². The van der Waals surface area contributed by atoms with Gasteiger partial charge in [0.15, 0.2) is 0 Å². The van der Waals surface area contributed by atoms with Crippen molar-refractivity contribution in [1.82, 2.24) is 20.3 Å². The average molecular weight is 408 g/mol. The molecule has 7 heteroatoms. The van der Waals surface area contributed by atoms with Crippen LogP contribution in [0.3, 0.4) is 0 Å². The topological polar surface area (TPSA) is 85.6 Å². The maximum atomic E-state index is 13.1. The molecule has 4 aromatic rings. The van der Waals surface area contributed by atoms with Gasteiger partial charge in [-0.05, 0) is 62.2 Å². The second-order valence-corrected chi connectivity index (χ2v) is 8.01. The molecule has 1 aliphatic rings. The van der Waals surface area contributed by atoms with Gasteiger partial charge in [0.2, 0.25) is 0 Å². The van der Waals surface area contributed by atoms with E-state index < -0.39 is 0 Å². The van der Waals surface area contributed by atoms with Crippen molar-refractivity contribution in [3.05, 3.63) is 57.8 Å². The molecule has 29 heavy (non-hydrogen) atoms. The number of piperidine rings is 1. The maximum Gasteiger partial charge on any atom is 0.261 e. The Kier molecular flexibility index (Phi) is 4.73. The molecule has 2 aromatic carbocycles. The number of rotatable bonds is 4. The number of benzene rings is 2. The normalized spacial score (nSPS) is 15.2. The first-order valence-electron chi connectivity index (χ1n) is 9.94. The van der Waals surface area contributed by atoms with Crippen LogP contribution in [0.25, 0.3) is 33.3 Å². The monoisotopic (exact) mass is 407 g/mol. The van der Waals surface area contributed by atoms with E-state index in [1.54, 1.807) is 6.07 Å². The van der Waals surface area contributed by atoms with Gasteiger partial charge < -0.3 is 20.6 Å². The van der Waals surface area contributed by atoms with Crippen LogP contribution >= 0.6 is 11.6 Å². The minimum absolute atomic E-state index is 0.188. The van der Waals surface area contributed by atoms with Crippen LogP contribution in [0.5, 0.6) is 0 Å². The van der Waals surface area contributed by atoms with Gasteiger partial charge >= 0.3 is 0 Å². The van der Waals surface area contributed by atoms with E-state index in [0.29, 0.717) is 22.3 Å². The van der Waals surface area contributed by atoms with E-state index >= 15 is 0 Å². The summed E-state index contributed by atoms with van der Waals surface area (Å²) in [5.41, 5.74) is 3.61. The number of imidazole rings is 1. The predicted molar refractivity (Wildman–Crippen MR) is 119 cm³/mol. The van der Waals surface area contributed by atoms with Crippen LogP contribution in [0.2, 0.25) is 5.02 Å². The molecule has 0 amide bonds. The fraction of sp³-hybridized carbons (Fsp3) is 0.273. The lowest BCUT2D eigenvalue weighted by Gasteiger charge is -2.24. The molecule has 148 valence electrons. The zero-order valence-corrected chi connectivity index (χ0v) is 16.6. The van der Waals surface area contributed by atoms with Crippen molar-refractivity contribution < 1.29 is 0 Å². The van der Waals surface area contributed by atoms with Crippen LogP contribution in [0.15, 0.2) is 47.3 Å². The van der Waals surface area contributed by atoms with Gasteiger partial charge in [-0.15, -0.1) is 0 Å². The molecule has 1 aliphatic heterocycles. The van der Waals surface area contributed by atoms with Crippen molar-refractivity contribution in [3.63, 3.8) is 0 Å². The lowest BCUT2D eigenvalue weighted by molar-refractivity contribution is 0.390. The zero-order chi connectivity index (χ0) is 19.8. The minimum Gasteiger partial charge on any atom is -0.383 e. The summed E-state index contributed by atoms with van der Waals surface area (Å²) in [7, 11) is 0. The molecule has 0 unspecified atom stereocenters. The minimum atomic E-state index is -0.188. The second kappa shape index (κ2) is 7.54. The molecule has 0 bridgehead atoms. The molecule has 1 saturated heterocycles.